The minimum Gasteiger partial charge on any atom is -0.441 e. The number of guanidine groups is 1. The van der Waals surface area contributed by atoms with Gasteiger partial charge in [0, 0.05) is 19.0 Å². The highest BCUT2D eigenvalue weighted by Gasteiger charge is 2.18. The second-order valence-corrected chi connectivity index (χ2v) is 4.94. The summed E-state index contributed by atoms with van der Waals surface area (Å²) in [6.07, 6.45) is 0. The molecule has 1 aliphatic heterocycles. The molecule has 2 N–H and O–H groups in total. The van der Waals surface area contributed by atoms with Crippen molar-refractivity contribution in [1.29, 1.82) is 0 Å². The van der Waals surface area contributed by atoms with Crippen molar-refractivity contribution in [1.82, 2.24) is 10.3 Å². The number of hydrogen-bond acceptors (Lipinski definition) is 5. The van der Waals surface area contributed by atoms with Crippen LogP contribution < -0.4 is 10.6 Å². The van der Waals surface area contributed by atoms with E-state index >= 15 is 0 Å². The average Bonchev–Trinajstić information content (AvgIpc) is 3.01. The molecule has 0 spiro atoms. The number of aliphatic imine (C=N–C) groups is 1. The van der Waals surface area contributed by atoms with Crippen molar-refractivity contribution >= 4 is 22.7 Å². The Kier molecular flexibility index (Phi) is 2.69. The van der Waals surface area contributed by atoms with Gasteiger partial charge in [-0.3, -0.25) is 4.99 Å². The molecule has 1 aromatic carbocycles. The number of aromatic nitrogens is 1. The Labute approximate surface area is 112 Å². The number of fused-ring (bicyclic) bond motifs is 1. The van der Waals surface area contributed by atoms with Crippen molar-refractivity contribution in [3.63, 3.8) is 0 Å². The molecule has 19 heavy (non-hydrogen) atoms. The minimum absolute atomic E-state index is 0.703. The smallest absolute Gasteiger partial charge is 0.195 e. The van der Waals surface area contributed by atoms with Crippen LogP contribution in [0.15, 0.2) is 9.41 Å². The number of nitrogens with zero attached hydrogens (tertiary/aromatic N) is 2. The summed E-state index contributed by atoms with van der Waals surface area (Å²) >= 11 is 0. The molecule has 100 valence electrons. The summed E-state index contributed by atoms with van der Waals surface area (Å²) in [6.45, 7) is 9.82. The molecule has 2 aromatic rings. The summed E-state index contributed by atoms with van der Waals surface area (Å²) in [4.78, 5) is 8.84. The molecule has 0 radical (unpaired) electrons. The first-order chi connectivity index (χ1) is 9.08. The van der Waals surface area contributed by atoms with E-state index in [1.165, 1.54) is 5.56 Å². The predicted molar refractivity (Wildman–Crippen MR) is 76.9 cm³/mol. The highest BCUT2D eigenvalue weighted by molar-refractivity contribution is 5.99. The van der Waals surface area contributed by atoms with Crippen LogP contribution in [0.1, 0.15) is 22.6 Å². The summed E-state index contributed by atoms with van der Waals surface area (Å²) in [5, 5.41) is 6.60. The van der Waals surface area contributed by atoms with Gasteiger partial charge in [-0.1, -0.05) is 0 Å². The predicted octanol–water partition coefficient (Wildman–Crippen LogP) is 2.43. The second-order valence-electron chi connectivity index (χ2n) is 4.94. The first kappa shape index (κ1) is 12.0. The van der Waals surface area contributed by atoms with Crippen molar-refractivity contribution in [3.8, 4) is 0 Å². The van der Waals surface area contributed by atoms with Gasteiger partial charge in [-0.05, 0) is 31.9 Å². The molecule has 0 unspecified atom stereocenters. The monoisotopic (exact) mass is 258 g/mol. The molecular formula is C14H18N4O. The van der Waals surface area contributed by atoms with E-state index in [-0.39, 0.29) is 0 Å². The van der Waals surface area contributed by atoms with Gasteiger partial charge in [0.1, 0.15) is 5.52 Å². The molecule has 2 heterocycles. The molecule has 0 atom stereocenters. The normalized spacial score (nSPS) is 14.6. The molecule has 0 saturated carbocycles. The van der Waals surface area contributed by atoms with E-state index in [9.17, 15) is 0 Å². The third-order valence-electron chi connectivity index (χ3n) is 3.66. The topological polar surface area (TPSA) is 62.5 Å². The Bertz CT molecular complexity index is 685. The number of nitrogens with one attached hydrogen (secondary N) is 2. The van der Waals surface area contributed by atoms with Crippen LogP contribution in [-0.2, 0) is 0 Å². The zero-order valence-electron chi connectivity index (χ0n) is 11.7. The van der Waals surface area contributed by atoms with Gasteiger partial charge in [-0.2, -0.15) is 0 Å². The Morgan fingerprint density at radius 3 is 2.58 bits per heavy atom. The van der Waals surface area contributed by atoms with Crippen LogP contribution >= 0.6 is 0 Å². The fourth-order valence-corrected chi connectivity index (χ4v) is 2.48. The third kappa shape index (κ3) is 1.85. The standard InChI is InChI=1S/C14H18N4O/c1-7-8(2)12-13(19-10(4)17-12)9(3)11(7)18-14-15-5-6-16-14/h5-6H2,1-4H3,(H2,15,16,18). The van der Waals surface area contributed by atoms with Crippen LogP contribution in [0.3, 0.4) is 0 Å². The van der Waals surface area contributed by atoms with Gasteiger partial charge in [0.2, 0.25) is 0 Å². The zero-order valence-corrected chi connectivity index (χ0v) is 11.7. The van der Waals surface area contributed by atoms with Crippen LogP contribution in [0.25, 0.3) is 11.1 Å². The van der Waals surface area contributed by atoms with E-state index in [4.69, 9.17) is 4.42 Å². The van der Waals surface area contributed by atoms with Crippen molar-refractivity contribution in [2.24, 2.45) is 4.99 Å². The van der Waals surface area contributed by atoms with Crippen LogP contribution in [0.4, 0.5) is 5.69 Å². The van der Waals surface area contributed by atoms with Gasteiger partial charge >= 0.3 is 0 Å². The molecule has 3 rings (SSSR count). The van der Waals surface area contributed by atoms with Crippen molar-refractivity contribution in [3.05, 3.63) is 22.6 Å². The van der Waals surface area contributed by atoms with Crippen LogP contribution in [0.5, 0.6) is 0 Å². The molecule has 0 fully saturated rings. The largest absolute Gasteiger partial charge is 0.441 e. The lowest BCUT2D eigenvalue weighted by Gasteiger charge is -2.15. The molecule has 0 amide bonds. The molecule has 0 aliphatic carbocycles. The maximum Gasteiger partial charge on any atom is 0.195 e. The Hall–Kier alpha value is -2.04. The Morgan fingerprint density at radius 2 is 1.89 bits per heavy atom. The number of benzene rings is 1. The molecule has 1 aliphatic rings. The fourth-order valence-electron chi connectivity index (χ4n) is 2.48. The van der Waals surface area contributed by atoms with Gasteiger partial charge in [-0.15, -0.1) is 0 Å². The summed E-state index contributed by atoms with van der Waals surface area (Å²) in [7, 11) is 0. The summed E-state index contributed by atoms with van der Waals surface area (Å²) in [5.41, 5.74) is 6.30. The molecule has 5 nitrogen and oxygen atoms in total. The van der Waals surface area contributed by atoms with Crippen LogP contribution in [0, 0.1) is 27.7 Å². The maximum atomic E-state index is 5.73. The molecule has 0 saturated heterocycles. The molecule has 0 bridgehead atoms. The third-order valence-corrected chi connectivity index (χ3v) is 3.66. The Balaban J connectivity index is 2.17. The van der Waals surface area contributed by atoms with Crippen molar-refractivity contribution in [2.45, 2.75) is 27.7 Å². The summed E-state index contributed by atoms with van der Waals surface area (Å²) < 4.78 is 5.73. The number of oxazole rings is 1. The lowest BCUT2D eigenvalue weighted by molar-refractivity contribution is 0.559. The van der Waals surface area contributed by atoms with E-state index in [0.717, 1.165) is 47.0 Å². The molecule has 5 heteroatoms. The lowest BCUT2D eigenvalue weighted by atomic mass is 10.0. The Morgan fingerprint density at radius 1 is 1.11 bits per heavy atom. The summed E-state index contributed by atoms with van der Waals surface area (Å²) in [6, 6.07) is 0. The summed E-state index contributed by atoms with van der Waals surface area (Å²) in [5.74, 6) is 1.54. The first-order valence-electron chi connectivity index (χ1n) is 6.50. The van der Waals surface area contributed by atoms with Gasteiger partial charge in [-0.25, -0.2) is 4.98 Å². The number of hydrogen-bond donors (Lipinski definition) is 2. The number of rotatable bonds is 1. The van der Waals surface area contributed by atoms with E-state index in [1.54, 1.807) is 0 Å². The van der Waals surface area contributed by atoms with Gasteiger partial charge in [0.15, 0.2) is 17.4 Å². The fraction of sp³-hybridized carbons (Fsp3) is 0.429. The SMILES string of the molecule is Cc1nc2c(C)c(C)c(NC3=NCCN3)c(C)c2o1. The highest BCUT2D eigenvalue weighted by Crippen LogP contribution is 2.33. The average molecular weight is 258 g/mol. The van der Waals surface area contributed by atoms with E-state index in [2.05, 4.69) is 41.4 Å². The number of aryl methyl sites for hydroxylation is 3. The van der Waals surface area contributed by atoms with E-state index in [1.807, 2.05) is 6.92 Å². The second kappa shape index (κ2) is 4.26. The zero-order chi connectivity index (χ0) is 13.6. The van der Waals surface area contributed by atoms with Gasteiger partial charge in [0.25, 0.3) is 0 Å². The quantitative estimate of drug-likeness (QED) is 0.824. The van der Waals surface area contributed by atoms with Gasteiger partial charge in [0.05, 0.1) is 12.2 Å². The van der Waals surface area contributed by atoms with E-state index in [0.29, 0.717) is 5.89 Å². The maximum absolute atomic E-state index is 5.73. The molecular weight excluding hydrogens is 240 g/mol. The minimum atomic E-state index is 0.703. The van der Waals surface area contributed by atoms with E-state index < -0.39 is 0 Å². The van der Waals surface area contributed by atoms with Crippen LogP contribution in [-0.4, -0.2) is 24.0 Å². The van der Waals surface area contributed by atoms with Crippen LogP contribution in [0.2, 0.25) is 0 Å². The molecule has 1 aromatic heterocycles. The van der Waals surface area contributed by atoms with Crippen molar-refractivity contribution in [2.75, 3.05) is 18.4 Å². The lowest BCUT2D eigenvalue weighted by Crippen LogP contribution is -2.27. The van der Waals surface area contributed by atoms with Gasteiger partial charge < -0.3 is 15.1 Å². The first-order valence-corrected chi connectivity index (χ1v) is 6.50. The highest BCUT2D eigenvalue weighted by atomic mass is 16.3. The number of anilines is 1. The van der Waals surface area contributed by atoms with Crippen molar-refractivity contribution < 1.29 is 4.42 Å².